The second-order valence-electron chi connectivity index (χ2n) is 2.58. The Morgan fingerprint density at radius 3 is 2.36 bits per heavy atom. The number of hydrogen-bond acceptors (Lipinski definition) is 4. The van der Waals surface area contributed by atoms with Crippen molar-refractivity contribution in [3.8, 4) is 5.75 Å². The zero-order chi connectivity index (χ0) is 10.4. The second kappa shape index (κ2) is 5.36. The Hall–Kier alpha value is -1.39. The Labute approximate surface area is 82.3 Å². The third-order valence-electron chi connectivity index (χ3n) is 1.72. The topological polar surface area (TPSA) is 44.8 Å². The Bertz CT molecular complexity index is 291. The summed E-state index contributed by atoms with van der Waals surface area (Å²) in [5, 5.41) is 0. The van der Waals surface area contributed by atoms with E-state index in [1.165, 1.54) is 7.11 Å². The van der Waals surface area contributed by atoms with Crippen LogP contribution in [0.15, 0.2) is 24.3 Å². The largest absolute Gasteiger partial charge is 0.497 e. The van der Waals surface area contributed by atoms with Crippen molar-refractivity contribution in [3.63, 3.8) is 0 Å². The Morgan fingerprint density at radius 2 is 1.86 bits per heavy atom. The van der Waals surface area contributed by atoms with Gasteiger partial charge in [-0.3, -0.25) is 4.79 Å². The van der Waals surface area contributed by atoms with Crippen LogP contribution in [0.5, 0.6) is 5.75 Å². The van der Waals surface area contributed by atoms with Gasteiger partial charge < -0.3 is 4.74 Å². The van der Waals surface area contributed by atoms with Crippen molar-refractivity contribution in [1.29, 1.82) is 0 Å². The molecule has 14 heavy (non-hydrogen) atoms. The fraction of sp³-hybridized carbons (Fsp3) is 0.300. The zero-order valence-corrected chi connectivity index (χ0v) is 8.15. The summed E-state index contributed by atoms with van der Waals surface area (Å²) in [6, 6.07) is 6.81. The number of hydrogen-bond donors (Lipinski definition) is 0. The first kappa shape index (κ1) is 10.7. The van der Waals surface area contributed by atoms with Gasteiger partial charge in [0.1, 0.15) is 12.4 Å². The molecule has 0 aliphatic heterocycles. The van der Waals surface area contributed by atoms with E-state index in [2.05, 4.69) is 9.78 Å². The van der Waals surface area contributed by atoms with E-state index in [-0.39, 0.29) is 12.4 Å². The molecule has 1 aromatic carbocycles. The van der Waals surface area contributed by atoms with Crippen LogP contribution >= 0.6 is 0 Å². The average Bonchev–Trinajstić information content (AvgIpc) is 2.26. The minimum absolute atomic E-state index is 0.0805. The van der Waals surface area contributed by atoms with E-state index in [0.29, 0.717) is 11.3 Å². The lowest BCUT2D eigenvalue weighted by Gasteiger charge is -2.02. The summed E-state index contributed by atoms with van der Waals surface area (Å²) in [4.78, 5) is 20.2. The van der Waals surface area contributed by atoms with Crippen LogP contribution in [-0.2, 0) is 9.78 Å². The highest BCUT2D eigenvalue weighted by Gasteiger charge is 2.05. The molecule has 0 aliphatic rings. The first-order chi connectivity index (χ1) is 6.77. The maximum atomic E-state index is 11.4. The molecule has 4 nitrogen and oxygen atoms in total. The summed E-state index contributed by atoms with van der Waals surface area (Å²) in [6.45, 7) is -0.0805. The molecule has 0 radical (unpaired) electrons. The predicted molar refractivity (Wildman–Crippen MR) is 50.3 cm³/mol. The van der Waals surface area contributed by atoms with Gasteiger partial charge >= 0.3 is 0 Å². The van der Waals surface area contributed by atoms with Crippen molar-refractivity contribution < 1.29 is 19.3 Å². The van der Waals surface area contributed by atoms with Gasteiger partial charge in [-0.25, -0.2) is 9.78 Å². The standard InChI is InChI=1S/C10H12O4/c1-12-9-5-3-8(4-6-9)10(11)7-14-13-2/h3-6H,7H2,1-2H3. The van der Waals surface area contributed by atoms with Crippen molar-refractivity contribution in [1.82, 2.24) is 0 Å². The fourth-order valence-corrected chi connectivity index (χ4v) is 0.973. The van der Waals surface area contributed by atoms with E-state index in [1.54, 1.807) is 31.4 Å². The van der Waals surface area contributed by atoms with Gasteiger partial charge in [0.15, 0.2) is 5.78 Å². The number of Topliss-reactive ketones (excluding diaryl/α,β-unsaturated/α-hetero) is 1. The lowest BCUT2D eigenvalue weighted by atomic mass is 10.1. The van der Waals surface area contributed by atoms with E-state index >= 15 is 0 Å². The molecule has 76 valence electrons. The number of benzene rings is 1. The molecule has 0 atom stereocenters. The van der Waals surface area contributed by atoms with Crippen molar-refractivity contribution in [2.45, 2.75) is 0 Å². The monoisotopic (exact) mass is 196 g/mol. The van der Waals surface area contributed by atoms with Gasteiger partial charge in [-0.1, -0.05) is 0 Å². The lowest BCUT2D eigenvalue weighted by Crippen LogP contribution is -2.08. The van der Waals surface area contributed by atoms with Gasteiger partial charge in [-0.05, 0) is 24.3 Å². The van der Waals surface area contributed by atoms with Gasteiger partial charge in [-0.15, -0.1) is 0 Å². The summed E-state index contributed by atoms with van der Waals surface area (Å²) in [5.74, 6) is 0.587. The molecular weight excluding hydrogens is 184 g/mol. The number of ketones is 1. The van der Waals surface area contributed by atoms with Gasteiger partial charge in [0.05, 0.1) is 14.2 Å². The molecule has 0 bridgehead atoms. The van der Waals surface area contributed by atoms with Crippen LogP contribution < -0.4 is 4.74 Å². The van der Waals surface area contributed by atoms with Crippen LogP contribution in [0, 0.1) is 0 Å². The highest BCUT2D eigenvalue weighted by molar-refractivity contribution is 5.97. The fourth-order valence-electron chi connectivity index (χ4n) is 0.973. The van der Waals surface area contributed by atoms with Crippen molar-refractivity contribution in [3.05, 3.63) is 29.8 Å². The zero-order valence-electron chi connectivity index (χ0n) is 8.15. The summed E-state index contributed by atoms with van der Waals surface area (Å²) in [6.07, 6.45) is 0. The minimum Gasteiger partial charge on any atom is -0.497 e. The highest BCUT2D eigenvalue weighted by Crippen LogP contribution is 2.11. The normalized spacial score (nSPS) is 9.86. The molecule has 4 heteroatoms. The minimum atomic E-state index is -0.130. The molecule has 0 saturated heterocycles. The molecule has 0 aromatic heterocycles. The number of carbonyl (C=O) groups is 1. The van der Waals surface area contributed by atoms with Gasteiger partial charge in [0.2, 0.25) is 0 Å². The lowest BCUT2D eigenvalue weighted by molar-refractivity contribution is -0.261. The van der Waals surface area contributed by atoms with E-state index in [0.717, 1.165) is 0 Å². The summed E-state index contributed by atoms with van der Waals surface area (Å²) >= 11 is 0. The van der Waals surface area contributed by atoms with Gasteiger partial charge in [-0.2, -0.15) is 0 Å². The molecule has 0 fully saturated rings. The average molecular weight is 196 g/mol. The van der Waals surface area contributed by atoms with Crippen LogP contribution in [0.25, 0.3) is 0 Å². The summed E-state index contributed by atoms with van der Waals surface area (Å²) in [5.41, 5.74) is 0.572. The molecule has 1 aromatic rings. The molecule has 0 saturated carbocycles. The third kappa shape index (κ3) is 2.83. The van der Waals surface area contributed by atoms with E-state index in [9.17, 15) is 4.79 Å². The van der Waals surface area contributed by atoms with Crippen LogP contribution in [0.1, 0.15) is 10.4 Å². The third-order valence-corrected chi connectivity index (χ3v) is 1.72. The molecule has 0 heterocycles. The Kier molecular flexibility index (Phi) is 4.10. The quantitative estimate of drug-likeness (QED) is 0.406. The van der Waals surface area contributed by atoms with Crippen LogP contribution in [0.2, 0.25) is 0 Å². The van der Waals surface area contributed by atoms with Gasteiger partial charge in [0, 0.05) is 5.56 Å². The number of rotatable bonds is 5. The van der Waals surface area contributed by atoms with E-state index in [1.807, 2.05) is 0 Å². The van der Waals surface area contributed by atoms with Crippen molar-refractivity contribution in [2.75, 3.05) is 20.8 Å². The molecule has 0 N–H and O–H groups in total. The smallest absolute Gasteiger partial charge is 0.191 e. The molecular formula is C10H12O4. The van der Waals surface area contributed by atoms with E-state index < -0.39 is 0 Å². The Balaban J connectivity index is 2.62. The first-order valence-corrected chi connectivity index (χ1v) is 4.11. The van der Waals surface area contributed by atoms with Gasteiger partial charge in [0.25, 0.3) is 0 Å². The SMILES string of the molecule is COOCC(=O)c1ccc(OC)cc1. The maximum Gasteiger partial charge on any atom is 0.191 e. The molecule has 0 unspecified atom stereocenters. The number of carbonyl (C=O) groups excluding carboxylic acids is 1. The van der Waals surface area contributed by atoms with Crippen molar-refractivity contribution >= 4 is 5.78 Å². The highest BCUT2D eigenvalue weighted by atomic mass is 17.2. The summed E-state index contributed by atoms with van der Waals surface area (Å²) in [7, 11) is 2.94. The van der Waals surface area contributed by atoms with Crippen molar-refractivity contribution in [2.24, 2.45) is 0 Å². The van der Waals surface area contributed by atoms with Crippen LogP contribution in [-0.4, -0.2) is 26.6 Å². The molecule has 0 aliphatic carbocycles. The van der Waals surface area contributed by atoms with E-state index in [4.69, 9.17) is 4.74 Å². The number of methoxy groups -OCH3 is 1. The Morgan fingerprint density at radius 1 is 1.21 bits per heavy atom. The maximum absolute atomic E-state index is 11.4. The molecule has 0 spiro atoms. The predicted octanol–water partition coefficient (Wildman–Crippen LogP) is 1.46. The second-order valence-corrected chi connectivity index (χ2v) is 2.58. The molecule has 1 rings (SSSR count). The molecule has 0 amide bonds. The van der Waals surface area contributed by atoms with Crippen LogP contribution in [0.3, 0.4) is 0 Å². The van der Waals surface area contributed by atoms with Crippen LogP contribution in [0.4, 0.5) is 0 Å². The summed E-state index contributed by atoms with van der Waals surface area (Å²) < 4.78 is 4.96. The first-order valence-electron chi connectivity index (χ1n) is 4.11. The number of ether oxygens (including phenoxy) is 1.